The van der Waals surface area contributed by atoms with Crippen LogP contribution in [0.15, 0.2) is 47.4 Å². The third-order valence-corrected chi connectivity index (χ3v) is 4.88. The first-order chi connectivity index (χ1) is 10.0. The fraction of sp³-hybridized carbons (Fsp3) is 0.200. The zero-order valence-electron chi connectivity index (χ0n) is 11.3. The van der Waals surface area contributed by atoms with Gasteiger partial charge in [-0.15, -0.1) is 0 Å². The van der Waals surface area contributed by atoms with E-state index >= 15 is 0 Å². The molecule has 0 atom stereocenters. The van der Waals surface area contributed by atoms with E-state index in [-0.39, 0.29) is 17.3 Å². The maximum atomic E-state index is 12.8. The van der Waals surface area contributed by atoms with Crippen molar-refractivity contribution in [1.29, 1.82) is 0 Å². The molecule has 6 heteroatoms. The summed E-state index contributed by atoms with van der Waals surface area (Å²) in [5, 5.41) is 3.16. The minimum absolute atomic E-state index is 0.132. The summed E-state index contributed by atoms with van der Waals surface area (Å²) in [5.41, 5.74) is 2.71. The van der Waals surface area contributed by atoms with Crippen molar-refractivity contribution in [3.05, 3.63) is 59.4 Å². The van der Waals surface area contributed by atoms with E-state index in [4.69, 9.17) is 0 Å². The van der Waals surface area contributed by atoms with Crippen molar-refractivity contribution in [2.75, 3.05) is 11.9 Å². The lowest BCUT2D eigenvalue weighted by Gasteiger charge is -2.08. The highest BCUT2D eigenvalue weighted by atomic mass is 32.2. The number of anilines is 1. The van der Waals surface area contributed by atoms with Gasteiger partial charge in [0.25, 0.3) is 0 Å². The van der Waals surface area contributed by atoms with Gasteiger partial charge in [-0.2, -0.15) is 0 Å². The Balaban J connectivity index is 1.76. The first-order valence-corrected chi connectivity index (χ1v) is 8.14. The van der Waals surface area contributed by atoms with Crippen molar-refractivity contribution in [2.45, 2.75) is 17.9 Å². The maximum Gasteiger partial charge on any atom is 0.240 e. The van der Waals surface area contributed by atoms with Gasteiger partial charge in [0.2, 0.25) is 10.0 Å². The fourth-order valence-corrected chi connectivity index (χ4v) is 3.34. The van der Waals surface area contributed by atoms with Crippen molar-refractivity contribution in [1.82, 2.24) is 4.72 Å². The molecule has 1 heterocycles. The molecule has 2 N–H and O–H groups in total. The topological polar surface area (TPSA) is 58.2 Å². The molecule has 2 aromatic carbocycles. The molecule has 1 aliphatic heterocycles. The second-order valence-corrected chi connectivity index (χ2v) is 6.71. The lowest BCUT2D eigenvalue weighted by atomic mass is 10.2. The molecule has 0 fully saturated rings. The molecule has 21 heavy (non-hydrogen) atoms. The largest absolute Gasteiger partial charge is 0.384 e. The molecule has 0 aromatic heterocycles. The van der Waals surface area contributed by atoms with Gasteiger partial charge in [-0.25, -0.2) is 17.5 Å². The van der Waals surface area contributed by atoms with Crippen molar-refractivity contribution >= 4 is 15.7 Å². The van der Waals surface area contributed by atoms with Crippen LogP contribution in [-0.4, -0.2) is 15.0 Å². The predicted molar refractivity (Wildman–Crippen MR) is 79.1 cm³/mol. The van der Waals surface area contributed by atoms with Crippen molar-refractivity contribution in [3.63, 3.8) is 0 Å². The van der Waals surface area contributed by atoms with Gasteiger partial charge >= 0.3 is 0 Å². The summed E-state index contributed by atoms with van der Waals surface area (Å²) in [6, 6.07) is 10.8. The molecule has 0 unspecified atom stereocenters. The Kier molecular flexibility index (Phi) is 3.65. The number of nitrogens with one attached hydrogen (secondary N) is 2. The summed E-state index contributed by atoms with van der Waals surface area (Å²) in [6.45, 7) is 0.967. The summed E-state index contributed by atoms with van der Waals surface area (Å²) in [4.78, 5) is 0.234. The molecule has 0 saturated heterocycles. The van der Waals surface area contributed by atoms with Crippen LogP contribution in [0.2, 0.25) is 0 Å². The molecule has 0 bridgehead atoms. The molecule has 1 aliphatic rings. The third-order valence-electron chi connectivity index (χ3n) is 3.48. The number of hydrogen-bond acceptors (Lipinski definition) is 3. The highest BCUT2D eigenvalue weighted by Crippen LogP contribution is 2.25. The Morgan fingerprint density at radius 3 is 2.67 bits per heavy atom. The SMILES string of the molecule is O=S(=O)(NCc1ccc(F)cc1)c1ccc2c(c1)NCC2. The zero-order valence-corrected chi connectivity index (χ0v) is 12.1. The average Bonchev–Trinajstić information content (AvgIpc) is 2.94. The number of sulfonamides is 1. The Labute approximate surface area is 123 Å². The maximum absolute atomic E-state index is 12.8. The van der Waals surface area contributed by atoms with Crippen molar-refractivity contribution in [3.8, 4) is 0 Å². The average molecular weight is 306 g/mol. The molecular weight excluding hydrogens is 291 g/mol. The molecule has 0 radical (unpaired) electrons. The molecule has 0 saturated carbocycles. The van der Waals surface area contributed by atoms with Gasteiger partial charge in [0.1, 0.15) is 5.82 Å². The minimum Gasteiger partial charge on any atom is -0.384 e. The highest BCUT2D eigenvalue weighted by Gasteiger charge is 2.17. The van der Waals surface area contributed by atoms with Crippen LogP contribution in [0.4, 0.5) is 10.1 Å². The van der Waals surface area contributed by atoms with Crippen molar-refractivity contribution in [2.24, 2.45) is 0 Å². The Bertz CT molecular complexity index is 758. The highest BCUT2D eigenvalue weighted by molar-refractivity contribution is 7.89. The third kappa shape index (κ3) is 3.06. The Hall–Kier alpha value is -1.92. The fourth-order valence-electron chi connectivity index (χ4n) is 2.30. The zero-order chi connectivity index (χ0) is 14.9. The second-order valence-electron chi connectivity index (χ2n) is 4.95. The second kappa shape index (κ2) is 5.46. The van der Waals surface area contributed by atoms with E-state index in [0.717, 1.165) is 24.2 Å². The monoisotopic (exact) mass is 306 g/mol. The van der Waals surface area contributed by atoms with Crippen LogP contribution in [0.1, 0.15) is 11.1 Å². The normalized spacial score (nSPS) is 13.8. The number of benzene rings is 2. The number of halogens is 1. The van der Waals surface area contributed by atoms with Crippen LogP contribution in [0, 0.1) is 5.82 Å². The predicted octanol–water partition coefficient (Wildman–Crippen LogP) is 2.27. The van der Waals surface area contributed by atoms with Gasteiger partial charge < -0.3 is 5.32 Å². The van der Waals surface area contributed by atoms with Crippen molar-refractivity contribution < 1.29 is 12.8 Å². The van der Waals surface area contributed by atoms with E-state index in [1.54, 1.807) is 24.3 Å². The minimum atomic E-state index is -3.57. The summed E-state index contributed by atoms with van der Waals surface area (Å²) >= 11 is 0. The van der Waals surface area contributed by atoms with Gasteiger partial charge in [-0.3, -0.25) is 0 Å². The van der Waals surface area contributed by atoms with Gasteiger partial charge in [0.05, 0.1) is 4.90 Å². The Morgan fingerprint density at radius 2 is 1.90 bits per heavy atom. The van der Waals surface area contributed by atoms with E-state index in [1.807, 2.05) is 6.07 Å². The van der Waals surface area contributed by atoms with Crippen LogP contribution in [0.5, 0.6) is 0 Å². The van der Waals surface area contributed by atoms with Gasteiger partial charge in [0.15, 0.2) is 0 Å². The van der Waals surface area contributed by atoms with Crippen LogP contribution in [0.3, 0.4) is 0 Å². The van der Waals surface area contributed by atoms with E-state index in [9.17, 15) is 12.8 Å². The van der Waals surface area contributed by atoms with E-state index in [1.165, 1.54) is 12.1 Å². The lowest BCUT2D eigenvalue weighted by molar-refractivity contribution is 0.581. The standard InChI is InChI=1S/C15H15FN2O2S/c16-13-4-1-11(2-5-13)10-18-21(19,20)14-6-3-12-7-8-17-15(12)9-14/h1-6,9,17-18H,7-8,10H2. The molecular formula is C15H15FN2O2S. The van der Waals surface area contributed by atoms with Crippen LogP contribution in [0.25, 0.3) is 0 Å². The summed E-state index contributed by atoms with van der Waals surface area (Å²) < 4.78 is 39.9. The first-order valence-electron chi connectivity index (χ1n) is 6.65. The van der Waals surface area contributed by atoms with E-state index < -0.39 is 10.0 Å². The molecule has 0 spiro atoms. The molecule has 0 amide bonds. The Morgan fingerprint density at radius 1 is 1.14 bits per heavy atom. The molecule has 3 rings (SSSR count). The van der Waals surface area contributed by atoms with Crippen LogP contribution >= 0.6 is 0 Å². The van der Waals surface area contributed by atoms with Gasteiger partial charge in [-0.05, 0) is 41.8 Å². The number of fused-ring (bicyclic) bond motifs is 1. The smallest absolute Gasteiger partial charge is 0.240 e. The van der Waals surface area contributed by atoms with Crippen LogP contribution in [-0.2, 0) is 23.0 Å². The number of hydrogen-bond donors (Lipinski definition) is 2. The van der Waals surface area contributed by atoms with E-state index in [2.05, 4.69) is 10.0 Å². The molecule has 0 aliphatic carbocycles. The van der Waals surface area contributed by atoms with Gasteiger partial charge in [-0.1, -0.05) is 18.2 Å². The molecule has 2 aromatic rings. The lowest BCUT2D eigenvalue weighted by Crippen LogP contribution is -2.23. The number of rotatable bonds is 4. The van der Waals surface area contributed by atoms with E-state index in [0.29, 0.717) is 5.56 Å². The molecule has 110 valence electrons. The quantitative estimate of drug-likeness (QED) is 0.911. The summed E-state index contributed by atoms with van der Waals surface area (Å²) in [6.07, 6.45) is 0.915. The first kappa shape index (κ1) is 14.0. The molecule has 4 nitrogen and oxygen atoms in total. The van der Waals surface area contributed by atoms with Crippen LogP contribution < -0.4 is 10.0 Å². The summed E-state index contributed by atoms with van der Waals surface area (Å²) in [5.74, 6) is -0.341. The van der Waals surface area contributed by atoms with Gasteiger partial charge in [0, 0.05) is 18.8 Å². The summed E-state index contributed by atoms with van der Waals surface area (Å²) in [7, 11) is -3.57.